The largest absolute Gasteiger partial charge is 0.497 e. The van der Waals surface area contributed by atoms with Gasteiger partial charge in [0.25, 0.3) is 0 Å². The van der Waals surface area contributed by atoms with Crippen LogP contribution >= 0.6 is 0 Å². The second-order valence-corrected chi connectivity index (χ2v) is 6.86. The van der Waals surface area contributed by atoms with Crippen molar-refractivity contribution in [1.82, 2.24) is 15.1 Å². The first-order valence-corrected chi connectivity index (χ1v) is 9.16. The number of nitrogens with one attached hydrogen (secondary N) is 1. The van der Waals surface area contributed by atoms with E-state index in [9.17, 15) is 22.8 Å². The number of hydrogen-bond acceptors (Lipinski definition) is 4. The predicted octanol–water partition coefficient (Wildman–Crippen LogP) is 2.36. The molecule has 2 rings (SSSR count). The van der Waals surface area contributed by atoms with Gasteiger partial charge in [0.2, 0.25) is 11.8 Å². The molecule has 1 aromatic rings. The lowest BCUT2D eigenvalue weighted by molar-refractivity contribution is -0.145. The molecule has 0 bridgehead atoms. The summed E-state index contributed by atoms with van der Waals surface area (Å²) >= 11 is 0. The van der Waals surface area contributed by atoms with Gasteiger partial charge in [-0.2, -0.15) is 13.2 Å². The molecule has 1 N–H and O–H groups in total. The highest BCUT2D eigenvalue weighted by molar-refractivity contribution is 5.79. The lowest BCUT2D eigenvalue weighted by Crippen LogP contribution is -2.39. The van der Waals surface area contributed by atoms with Gasteiger partial charge in [-0.25, -0.2) is 0 Å². The molecule has 156 valence electrons. The molecule has 1 fully saturated rings. The van der Waals surface area contributed by atoms with E-state index < -0.39 is 18.8 Å². The first kappa shape index (κ1) is 22.0. The van der Waals surface area contributed by atoms with Crippen LogP contribution in [0.3, 0.4) is 0 Å². The molecule has 28 heavy (non-hydrogen) atoms. The number of hydrogen-bond donors (Lipinski definition) is 1. The first-order valence-electron chi connectivity index (χ1n) is 9.16. The van der Waals surface area contributed by atoms with Crippen LogP contribution in [0.2, 0.25) is 0 Å². The summed E-state index contributed by atoms with van der Waals surface area (Å²) in [6, 6.07) is 6.54. The molecule has 1 saturated heterocycles. The van der Waals surface area contributed by atoms with Crippen molar-refractivity contribution in [2.24, 2.45) is 0 Å². The molecular formula is C19H26F3N3O3. The summed E-state index contributed by atoms with van der Waals surface area (Å²) in [7, 11) is 1.55. The number of carbonyl (C=O) groups excluding carboxylic acids is 2. The lowest BCUT2D eigenvalue weighted by Gasteiger charge is -2.25. The molecule has 0 aliphatic carbocycles. The number of amides is 2. The second-order valence-electron chi connectivity index (χ2n) is 6.86. The molecule has 1 aliphatic rings. The maximum absolute atomic E-state index is 12.7. The van der Waals surface area contributed by atoms with Crippen LogP contribution in [0.4, 0.5) is 13.2 Å². The minimum atomic E-state index is -4.25. The number of rotatable bonds is 6. The molecule has 1 aromatic carbocycles. The van der Waals surface area contributed by atoms with Crippen molar-refractivity contribution in [2.45, 2.75) is 32.0 Å². The fraction of sp³-hybridized carbons (Fsp3) is 0.579. The molecule has 2 amide bonds. The van der Waals surface area contributed by atoms with E-state index in [2.05, 4.69) is 5.32 Å². The predicted molar refractivity (Wildman–Crippen MR) is 97.9 cm³/mol. The summed E-state index contributed by atoms with van der Waals surface area (Å²) in [4.78, 5) is 27.2. The third-order valence-electron chi connectivity index (χ3n) is 4.62. The smallest absolute Gasteiger partial charge is 0.401 e. The Hall–Kier alpha value is -2.29. The van der Waals surface area contributed by atoms with E-state index in [1.54, 1.807) is 36.3 Å². The number of alkyl halides is 3. The highest BCUT2D eigenvalue weighted by atomic mass is 19.4. The number of methoxy groups -OCH3 is 1. The average Bonchev–Trinajstić information content (AvgIpc) is 2.85. The maximum atomic E-state index is 12.7. The highest BCUT2D eigenvalue weighted by Gasteiger charge is 2.32. The van der Waals surface area contributed by atoms with Crippen LogP contribution in [0.25, 0.3) is 0 Å². The van der Waals surface area contributed by atoms with Crippen LogP contribution in [-0.4, -0.2) is 67.6 Å². The van der Waals surface area contributed by atoms with Crippen molar-refractivity contribution in [3.63, 3.8) is 0 Å². The zero-order chi connectivity index (χ0) is 20.7. The Morgan fingerprint density at radius 2 is 1.82 bits per heavy atom. The van der Waals surface area contributed by atoms with Gasteiger partial charge in [0.15, 0.2) is 0 Å². The number of carbonyl (C=O) groups is 2. The van der Waals surface area contributed by atoms with Crippen molar-refractivity contribution in [2.75, 3.05) is 39.8 Å². The van der Waals surface area contributed by atoms with Gasteiger partial charge in [0.1, 0.15) is 5.75 Å². The van der Waals surface area contributed by atoms with E-state index in [0.717, 1.165) is 5.56 Å². The van der Waals surface area contributed by atoms with Crippen LogP contribution in [0, 0.1) is 0 Å². The fourth-order valence-corrected chi connectivity index (χ4v) is 3.27. The third-order valence-corrected chi connectivity index (χ3v) is 4.62. The molecule has 1 aliphatic heterocycles. The van der Waals surface area contributed by atoms with Crippen molar-refractivity contribution in [3.05, 3.63) is 29.8 Å². The van der Waals surface area contributed by atoms with Gasteiger partial charge in [-0.1, -0.05) is 12.1 Å². The van der Waals surface area contributed by atoms with Gasteiger partial charge in [-0.15, -0.1) is 0 Å². The summed E-state index contributed by atoms with van der Waals surface area (Å²) in [5, 5.41) is 2.77. The topological polar surface area (TPSA) is 61.9 Å². The highest BCUT2D eigenvalue weighted by Crippen LogP contribution is 2.22. The molecule has 1 heterocycles. The normalized spacial score (nSPS) is 17.0. The Bertz CT molecular complexity index is 665. The van der Waals surface area contributed by atoms with Crippen LogP contribution in [0.1, 0.15) is 31.4 Å². The van der Waals surface area contributed by atoms with E-state index in [1.165, 1.54) is 11.8 Å². The molecule has 1 unspecified atom stereocenters. The second kappa shape index (κ2) is 9.77. The van der Waals surface area contributed by atoms with E-state index in [1.807, 2.05) is 0 Å². The van der Waals surface area contributed by atoms with Gasteiger partial charge in [0, 0.05) is 33.1 Å². The maximum Gasteiger partial charge on any atom is 0.401 e. The Morgan fingerprint density at radius 1 is 1.14 bits per heavy atom. The Kier molecular flexibility index (Phi) is 7.68. The van der Waals surface area contributed by atoms with Crippen molar-refractivity contribution in [3.8, 4) is 5.75 Å². The Labute approximate surface area is 162 Å². The minimum absolute atomic E-state index is 0.0468. The summed E-state index contributed by atoms with van der Waals surface area (Å²) < 4.78 is 42.9. The van der Waals surface area contributed by atoms with Gasteiger partial charge in [0.05, 0.1) is 26.1 Å². The lowest BCUT2D eigenvalue weighted by atomic mass is 10.0. The quantitative estimate of drug-likeness (QED) is 0.795. The standard InChI is InChI=1S/C19H26F3N3O3/c1-14(26)23-17(15-4-6-16(28-2)7-5-15)12-18(27)25-9-3-8-24(10-11-25)13-19(20,21)22/h4-7,17H,3,8-13H2,1-2H3,(H,23,26). The summed E-state index contributed by atoms with van der Waals surface area (Å²) in [6.45, 7) is 1.54. The minimum Gasteiger partial charge on any atom is -0.497 e. The van der Waals surface area contributed by atoms with E-state index >= 15 is 0 Å². The zero-order valence-electron chi connectivity index (χ0n) is 16.1. The van der Waals surface area contributed by atoms with Gasteiger partial charge < -0.3 is 15.0 Å². The molecule has 6 nitrogen and oxygen atoms in total. The fourth-order valence-electron chi connectivity index (χ4n) is 3.27. The Balaban J connectivity index is 2.01. The monoisotopic (exact) mass is 401 g/mol. The summed E-state index contributed by atoms with van der Waals surface area (Å²) in [6.07, 6.45) is -3.72. The molecule has 0 saturated carbocycles. The zero-order valence-corrected chi connectivity index (χ0v) is 16.1. The van der Waals surface area contributed by atoms with Gasteiger partial charge in [-0.05, 0) is 24.1 Å². The molecular weight excluding hydrogens is 375 g/mol. The average molecular weight is 401 g/mol. The Morgan fingerprint density at radius 3 is 2.39 bits per heavy atom. The number of halogens is 3. The number of benzene rings is 1. The van der Waals surface area contributed by atoms with Crippen LogP contribution in [-0.2, 0) is 9.59 Å². The molecule has 1 atom stereocenters. The van der Waals surface area contributed by atoms with E-state index in [4.69, 9.17) is 4.74 Å². The molecule has 0 spiro atoms. The van der Waals surface area contributed by atoms with Crippen LogP contribution < -0.4 is 10.1 Å². The van der Waals surface area contributed by atoms with E-state index in [-0.39, 0.29) is 31.3 Å². The van der Waals surface area contributed by atoms with Gasteiger partial charge in [-0.3, -0.25) is 14.5 Å². The summed E-state index contributed by atoms with van der Waals surface area (Å²) in [5.74, 6) is 0.207. The first-order chi connectivity index (χ1) is 13.2. The van der Waals surface area contributed by atoms with Crippen LogP contribution in [0.15, 0.2) is 24.3 Å². The van der Waals surface area contributed by atoms with Crippen LogP contribution in [0.5, 0.6) is 5.75 Å². The van der Waals surface area contributed by atoms with Crippen molar-refractivity contribution < 1.29 is 27.5 Å². The summed E-state index contributed by atoms with van der Waals surface area (Å²) in [5.41, 5.74) is 0.762. The number of ether oxygens (including phenoxy) is 1. The SMILES string of the molecule is COc1ccc(C(CC(=O)N2CCCN(CC(F)(F)F)CC2)NC(C)=O)cc1. The number of nitrogens with zero attached hydrogens (tertiary/aromatic N) is 2. The van der Waals surface area contributed by atoms with Crippen molar-refractivity contribution in [1.29, 1.82) is 0 Å². The van der Waals surface area contributed by atoms with Gasteiger partial charge >= 0.3 is 6.18 Å². The molecule has 9 heteroatoms. The molecule has 0 aromatic heterocycles. The third kappa shape index (κ3) is 7.03. The van der Waals surface area contributed by atoms with Crippen molar-refractivity contribution >= 4 is 11.8 Å². The molecule has 0 radical (unpaired) electrons. The van der Waals surface area contributed by atoms with E-state index in [0.29, 0.717) is 25.3 Å².